The van der Waals surface area contributed by atoms with Crippen LogP contribution in [0.5, 0.6) is 11.5 Å². The first-order chi connectivity index (χ1) is 14.0. The molecule has 0 fully saturated rings. The Hall–Kier alpha value is -3.01. The number of rotatable bonds is 7. The highest BCUT2D eigenvalue weighted by molar-refractivity contribution is 7.89. The van der Waals surface area contributed by atoms with Gasteiger partial charge in [0.1, 0.15) is 18.1 Å². The number of aryl methyl sites for hydroxylation is 1. The van der Waals surface area contributed by atoms with Gasteiger partial charge in [-0.1, -0.05) is 48.2 Å². The van der Waals surface area contributed by atoms with Gasteiger partial charge in [-0.2, -0.15) is 4.72 Å². The topological polar surface area (TPSA) is 64.6 Å². The maximum absolute atomic E-state index is 12.4. The van der Waals surface area contributed by atoms with Crippen LogP contribution in [0.4, 0.5) is 0 Å². The predicted molar refractivity (Wildman–Crippen MR) is 115 cm³/mol. The Balaban J connectivity index is 1.56. The molecule has 0 aromatic heterocycles. The minimum atomic E-state index is -3.63. The van der Waals surface area contributed by atoms with Crippen LogP contribution in [0.25, 0.3) is 10.8 Å². The van der Waals surface area contributed by atoms with Crippen molar-refractivity contribution in [2.45, 2.75) is 18.7 Å². The van der Waals surface area contributed by atoms with Crippen molar-refractivity contribution < 1.29 is 17.9 Å². The first kappa shape index (κ1) is 20.7. The molecule has 1 N–H and O–H groups in total. The zero-order valence-electron chi connectivity index (χ0n) is 16.4. The van der Waals surface area contributed by atoms with Gasteiger partial charge in [-0.25, -0.2) is 8.42 Å². The second-order valence-electron chi connectivity index (χ2n) is 6.30. The van der Waals surface area contributed by atoms with E-state index in [9.17, 15) is 8.42 Å². The largest absolute Gasteiger partial charge is 0.494 e. The highest BCUT2D eigenvalue weighted by atomic mass is 32.2. The Kier molecular flexibility index (Phi) is 6.76. The maximum Gasteiger partial charge on any atom is 0.241 e. The molecule has 0 atom stereocenters. The van der Waals surface area contributed by atoms with Gasteiger partial charge in [0, 0.05) is 5.39 Å². The summed E-state index contributed by atoms with van der Waals surface area (Å²) in [5.41, 5.74) is 0.768. The normalized spacial score (nSPS) is 11.0. The van der Waals surface area contributed by atoms with Gasteiger partial charge in [0.15, 0.2) is 0 Å². The molecule has 0 heterocycles. The van der Waals surface area contributed by atoms with Crippen molar-refractivity contribution in [1.29, 1.82) is 0 Å². The van der Waals surface area contributed by atoms with E-state index in [1.165, 1.54) is 6.07 Å². The van der Waals surface area contributed by atoms with Crippen molar-refractivity contribution >= 4 is 20.8 Å². The lowest BCUT2D eigenvalue weighted by atomic mass is 10.1. The van der Waals surface area contributed by atoms with Crippen LogP contribution in [0.3, 0.4) is 0 Å². The first-order valence-electron chi connectivity index (χ1n) is 9.30. The lowest BCUT2D eigenvalue weighted by Gasteiger charge is -2.09. The van der Waals surface area contributed by atoms with Crippen LogP contribution >= 0.6 is 0 Å². The number of hydrogen-bond donors (Lipinski definition) is 1. The van der Waals surface area contributed by atoms with E-state index in [1.54, 1.807) is 12.1 Å². The third kappa shape index (κ3) is 5.29. The fraction of sp³-hybridized carbons (Fsp3) is 0.217. The Morgan fingerprint density at radius 3 is 2.52 bits per heavy atom. The number of sulfonamides is 1. The second-order valence-corrected chi connectivity index (χ2v) is 8.07. The Labute approximate surface area is 171 Å². The van der Waals surface area contributed by atoms with Crippen molar-refractivity contribution in [2.75, 3.05) is 19.8 Å². The molecule has 6 heteroatoms. The maximum atomic E-state index is 12.4. The van der Waals surface area contributed by atoms with E-state index < -0.39 is 10.0 Å². The van der Waals surface area contributed by atoms with E-state index in [4.69, 9.17) is 9.47 Å². The molecular weight excluding hydrogens is 386 g/mol. The van der Waals surface area contributed by atoms with Gasteiger partial charge in [0.2, 0.25) is 10.0 Å². The summed E-state index contributed by atoms with van der Waals surface area (Å²) >= 11 is 0. The van der Waals surface area contributed by atoms with Crippen LogP contribution in [-0.2, 0) is 10.0 Å². The molecule has 0 saturated heterocycles. The fourth-order valence-corrected chi connectivity index (χ4v) is 3.88. The van der Waals surface area contributed by atoms with Gasteiger partial charge < -0.3 is 9.47 Å². The highest BCUT2D eigenvalue weighted by Gasteiger charge is 2.14. The third-order valence-corrected chi connectivity index (χ3v) is 5.68. The van der Waals surface area contributed by atoms with E-state index in [0.717, 1.165) is 22.1 Å². The minimum Gasteiger partial charge on any atom is -0.494 e. The average Bonchev–Trinajstić information content (AvgIpc) is 2.72. The Bertz CT molecular complexity index is 1150. The van der Waals surface area contributed by atoms with Crippen LogP contribution in [0.1, 0.15) is 12.5 Å². The minimum absolute atomic E-state index is 0.00743. The van der Waals surface area contributed by atoms with E-state index in [-0.39, 0.29) is 18.0 Å². The van der Waals surface area contributed by atoms with Gasteiger partial charge in [-0.05, 0) is 49.1 Å². The predicted octanol–water partition coefficient (Wildman–Crippen LogP) is 3.91. The van der Waals surface area contributed by atoms with Gasteiger partial charge in [-0.3, -0.25) is 0 Å². The van der Waals surface area contributed by atoms with Gasteiger partial charge in [-0.15, -0.1) is 0 Å². The summed E-state index contributed by atoms with van der Waals surface area (Å²) in [6, 6.07) is 18.6. The molecule has 3 aromatic rings. The molecular formula is C23H23NO4S. The van der Waals surface area contributed by atoms with Gasteiger partial charge in [0.05, 0.1) is 18.0 Å². The lowest BCUT2D eigenvalue weighted by molar-refractivity contribution is 0.337. The molecule has 0 aliphatic carbocycles. The van der Waals surface area contributed by atoms with Crippen LogP contribution in [0, 0.1) is 18.8 Å². The van der Waals surface area contributed by atoms with E-state index in [0.29, 0.717) is 12.4 Å². The molecule has 5 nitrogen and oxygen atoms in total. The Morgan fingerprint density at radius 1 is 0.931 bits per heavy atom. The average molecular weight is 410 g/mol. The van der Waals surface area contributed by atoms with Crippen molar-refractivity contribution in [1.82, 2.24) is 4.72 Å². The van der Waals surface area contributed by atoms with Gasteiger partial charge in [0.25, 0.3) is 0 Å². The molecule has 29 heavy (non-hydrogen) atoms. The number of nitrogens with one attached hydrogen (secondary N) is 1. The van der Waals surface area contributed by atoms with Crippen LogP contribution in [-0.4, -0.2) is 28.2 Å². The van der Waals surface area contributed by atoms with Crippen molar-refractivity contribution in [2.24, 2.45) is 0 Å². The SMILES string of the molecule is CCOc1ccc(S(=O)(=O)NCC#CCOc2cccc3ccccc23)cc1C. The molecule has 0 amide bonds. The van der Waals surface area contributed by atoms with Crippen molar-refractivity contribution in [3.8, 4) is 23.3 Å². The summed E-state index contributed by atoms with van der Waals surface area (Å²) in [6.07, 6.45) is 0. The van der Waals surface area contributed by atoms with E-state index in [2.05, 4.69) is 16.6 Å². The standard InChI is InChI=1S/C23H23NO4S/c1-3-27-22-14-13-20(17-18(22)2)29(25,26)24-15-6-7-16-28-23-12-8-10-19-9-4-5-11-21(19)23/h4-5,8-14,17,24H,3,15-16H2,1-2H3. The molecule has 0 radical (unpaired) electrons. The van der Waals surface area contributed by atoms with E-state index >= 15 is 0 Å². The molecule has 3 aromatic carbocycles. The van der Waals surface area contributed by atoms with Crippen molar-refractivity contribution in [3.63, 3.8) is 0 Å². The summed E-state index contributed by atoms with van der Waals surface area (Å²) in [6.45, 7) is 4.41. The summed E-state index contributed by atoms with van der Waals surface area (Å²) in [5.74, 6) is 7.06. The lowest BCUT2D eigenvalue weighted by Crippen LogP contribution is -2.24. The third-order valence-electron chi connectivity index (χ3n) is 4.28. The molecule has 0 spiro atoms. The quantitative estimate of drug-likeness (QED) is 0.601. The van der Waals surface area contributed by atoms with Crippen LogP contribution in [0.2, 0.25) is 0 Å². The van der Waals surface area contributed by atoms with Crippen LogP contribution in [0.15, 0.2) is 65.6 Å². The second kappa shape index (κ2) is 9.46. The number of benzene rings is 3. The summed E-state index contributed by atoms with van der Waals surface area (Å²) in [5, 5.41) is 2.11. The summed E-state index contributed by atoms with van der Waals surface area (Å²) in [7, 11) is -3.63. The number of hydrogen-bond acceptors (Lipinski definition) is 4. The van der Waals surface area contributed by atoms with Crippen molar-refractivity contribution in [3.05, 3.63) is 66.2 Å². The molecule has 0 aliphatic rings. The molecule has 0 aliphatic heterocycles. The molecule has 0 saturated carbocycles. The highest BCUT2D eigenvalue weighted by Crippen LogP contribution is 2.25. The summed E-state index contributed by atoms with van der Waals surface area (Å²) < 4.78 is 38.5. The Morgan fingerprint density at radius 2 is 1.72 bits per heavy atom. The van der Waals surface area contributed by atoms with Gasteiger partial charge >= 0.3 is 0 Å². The fourth-order valence-electron chi connectivity index (χ4n) is 2.87. The molecule has 0 unspecified atom stereocenters. The zero-order valence-corrected chi connectivity index (χ0v) is 17.3. The smallest absolute Gasteiger partial charge is 0.241 e. The molecule has 150 valence electrons. The monoisotopic (exact) mass is 409 g/mol. The first-order valence-corrected chi connectivity index (χ1v) is 10.8. The zero-order chi connectivity index (χ0) is 20.7. The van der Waals surface area contributed by atoms with Crippen LogP contribution < -0.4 is 14.2 Å². The molecule has 3 rings (SSSR count). The summed E-state index contributed by atoms with van der Waals surface area (Å²) in [4.78, 5) is 0.187. The van der Waals surface area contributed by atoms with E-state index in [1.807, 2.05) is 56.3 Å². The molecule has 0 bridgehead atoms. The number of ether oxygens (including phenoxy) is 2. The number of fused-ring (bicyclic) bond motifs is 1.